The molecule has 0 saturated carbocycles. The van der Waals surface area contributed by atoms with Crippen LogP contribution in [0.25, 0.3) is 0 Å². The fraction of sp³-hybridized carbons (Fsp3) is 0.636. The molecule has 2 rings (SSSR count). The first-order valence-electron chi connectivity index (χ1n) is 4.81. The van der Waals surface area contributed by atoms with Gasteiger partial charge < -0.3 is 13.9 Å². The van der Waals surface area contributed by atoms with Gasteiger partial charge in [-0.3, -0.25) is 0 Å². The summed E-state index contributed by atoms with van der Waals surface area (Å²) in [6.07, 6.45) is 1.25. The fourth-order valence-electron chi connectivity index (χ4n) is 1.38. The van der Waals surface area contributed by atoms with Crippen molar-refractivity contribution in [2.75, 3.05) is 0 Å². The van der Waals surface area contributed by atoms with Crippen molar-refractivity contribution in [3.63, 3.8) is 0 Å². The molecule has 1 aliphatic heterocycles. The molecular weight excluding hydrogens is 180 g/mol. The lowest BCUT2D eigenvalue weighted by Crippen LogP contribution is -2.41. The van der Waals surface area contributed by atoms with Gasteiger partial charge in [-0.05, 0) is 39.8 Å². The first kappa shape index (κ1) is 9.74. The van der Waals surface area contributed by atoms with Gasteiger partial charge in [0.1, 0.15) is 0 Å². The van der Waals surface area contributed by atoms with E-state index in [0.717, 1.165) is 5.76 Å². The molecule has 3 heteroatoms. The second kappa shape index (κ2) is 2.84. The van der Waals surface area contributed by atoms with E-state index in [1.807, 2.05) is 39.8 Å². The van der Waals surface area contributed by atoms with Gasteiger partial charge in [-0.1, -0.05) is 0 Å². The van der Waals surface area contributed by atoms with Gasteiger partial charge in [0.2, 0.25) is 6.29 Å². The van der Waals surface area contributed by atoms with E-state index < -0.39 is 0 Å². The Morgan fingerprint density at radius 1 is 1.07 bits per heavy atom. The van der Waals surface area contributed by atoms with Crippen molar-refractivity contribution in [1.82, 2.24) is 0 Å². The summed E-state index contributed by atoms with van der Waals surface area (Å²) < 4.78 is 16.8. The number of hydrogen-bond acceptors (Lipinski definition) is 3. The highest BCUT2D eigenvalue weighted by Gasteiger charge is 2.50. The topological polar surface area (TPSA) is 31.6 Å². The van der Waals surface area contributed by atoms with Gasteiger partial charge in [0.15, 0.2) is 5.76 Å². The zero-order chi connectivity index (χ0) is 10.4. The van der Waals surface area contributed by atoms with Gasteiger partial charge in [0, 0.05) is 0 Å². The minimum atomic E-state index is -0.380. The van der Waals surface area contributed by atoms with Crippen LogP contribution in [-0.4, -0.2) is 11.2 Å². The summed E-state index contributed by atoms with van der Waals surface area (Å²) in [5.41, 5.74) is -0.602. The van der Waals surface area contributed by atoms with E-state index in [9.17, 15) is 0 Å². The van der Waals surface area contributed by atoms with Crippen LogP contribution in [0.5, 0.6) is 0 Å². The minimum Gasteiger partial charge on any atom is -0.464 e. The predicted molar refractivity (Wildman–Crippen MR) is 51.8 cm³/mol. The predicted octanol–water partition coefficient (Wildman–Crippen LogP) is 2.88. The highest BCUT2D eigenvalue weighted by molar-refractivity contribution is 5.05. The summed E-state index contributed by atoms with van der Waals surface area (Å²) in [7, 11) is 0. The maximum absolute atomic E-state index is 5.79. The second-order valence-corrected chi connectivity index (χ2v) is 4.60. The standard InChI is InChI=1S/C11H16O3/c1-10(2)11(3,4)14-9(13-10)8-6-5-7-12-8/h5-7,9H,1-4H3. The van der Waals surface area contributed by atoms with Gasteiger partial charge in [-0.15, -0.1) is 0 Å². The average molecular weight is 196 g/mol. The molecule has 1 aromatic rings. The molecule has 2 heterocycles. The number of rotatable bonds is 1. The molecule has 1 aromatic heterocycles. The number of ether oxygens (including phenoxy) is 2. The first-order valence-corrected chi connectivity index (χ1v) is 4.81. The smallest absolute Gasteiger partial charge is 0.218 e. The summed E-state index contributed by atoms with van der Waals surface area (Å²) in [5.74, 6) is 0.726. The Hall–Kier alpha value is -0.800. The van der Waals surface area contributed by atoms with Crippen LogP contribution in [0.15, 0.2) is 22.8 Å². The largest absolute Gasteiger partial charge is 0.464 e. The minimum absolute atomic E-state index is 0.301. The lowest BCUT2D eigenvalue weighted by Gasteiger charge is -2.30. The lowest BCUT2D eigenvalue weighted by molar-refractivity contribution is -0.102. The van der Waals surface area contributed by atoms with E-state index in [4.69, 9.17) is 13.9 Å². The molecule has 3 nitrogen and oxygen atoms in total. The van der Waals surface area contributed by atoms with Crippen molar-refractivity contribution in [3.05, 3.63) is 24.2 Å². The SMILES string of the molecule is CC1(C)OC(c2ccco2)OC1(C)C. The van der Waals surface area contributed by atoms with Gasteiger partial charge in [0.05, 0.1) is 17.5 Å². The van der Waals surface area contributed by atoms with Crippen LogP contribution in [0, 0.1) is 0 Å². The summed E-state index contributed by atoms with van der Waals surface area (Å²) in [4.78, 5) is 0. The van der Waals surface area contributed by atoms with Crippen LogP contribution < -0.4 is 0 Å². The molecule has 1 fully saturated rings. The molecule has 0 amide bonds. The van der Waals surface area contributed by atoms with Crippen LogP contribution in [0.3, 0.4) is 0 Å². The zero-order valence-electron chi connectivity index (χ0n) is 9.03. The van der Waals surface area contributed by atoms with Crippen molar-refractivity contribution >= 4 is 0 Å². The molecule has 0 atom stereocenters. The molecule has 78 valence electrons. The third-order valence-corrected chi connectivity index (χ3v) is 3.03. The summed E-state index contributed by atoms with van der Waals surface area (Å²) in [6.45, 7) is 8.10. The lowest BCUT2D eigenvalue weighted by atomic mass is 9.90. The molecule has 0 N–H and O–H groups in total. The van der Waals surface area contributed by atoms with Crippen molar-refractivity contribution in [3.8, 4) is 0 Å². The molecular formula is C11H16O3. The molecule has 1 saturated heterocycles. The third kappa shape index (κ3) is 1.37. The summed E-state index contributed by atoms with van der Waals surface area (Å²) >= 11 is 0. The Morgan fingerprint density at radius 2 is 1.64 bits per heavy atom. The Balaban J connectivity index is 2.22. The monoisotopic (exact) mass is 196 g/mol. The average Bonchev–Trinajstić information content (AvgIpc) is 2.58. The van der Waals surface area contributed by atoms with Gasteiger partial charge in [-0.2, -0.15) is 0 Å². The Bertz CT molecular complexity index is 295. The maximum Gasteiger partial charge on any atom is 0.218 e. The maximum atomic E-state index is 5.79. The fourth-order valence-corrected chi connectivity index (χ4v) is 1.38. The van der Waals surface area contributed by atoms with Gasteiger partial charge >= 0.3 is 0 Å². The van der Waals surface area contributed by atoms with Crippen molar-refractivity contribution < 1.29 is 13.9 Å². The van der Waals surface area contributed by atoms with Crippen LogP contribution in [0.2, 0.25) is 0 Å². The molecule has 1 aliphatic rings. The summed E-state index contributed by atoms with van der Waals surface area (Å²) in [6, 6.07) is 3.70. The molecule has 0 aromatic carbocycles. The molecule has 0 radical (unpaired) electrons. The van der Waals surface area contributed by atoms with E-state index in [-0.39, 0.29) is 17.5 Å². The number of hydrogen-bond donors (Lipinski definition) is 0. The first-order chi connectivity index (χ1) is 6.42. The van der Waals surface area contributed by atoms with Crippen molar-refractivity contribution in [1.29, 1.82) is 0 Å². The molecule has 0 spiro atoms. The van der Waals surface area contributed by atoms with Crippen LogP contribution in [-0.2, 0) is 9.47 Å². The van der Waals surface area contributed by atoms with E-state index >= 15 is 0 Å². The number of furan rings is 1. The highest BCUT2D eigenvalue weighted by atomic mass is 16.8. The molecule has 0 bridgehead atoms. The van der Waals surface area contributed by atoms with E-state index in [2.05, 4.69) is 0 Å². The normalized spacial score (nSPS) is 25.4. The quantitative estimate of drug-likeness (QED) is 0.692. The van der Waals surface area contributed by atoms with E-state index in [1.54, 1.807) is 6.26 Å². The Labute approximate surface area is 84.0 Å². The third-order valence-electron chi connectivity index (χ3n) is 3.03. The van der Waals surface area contributed by atoms with Crippen molar-refractivity contribution in [2.24, 2.45) is 0 Å². The molecule has 14 heavy (non-hydrogen) atoms. The van der Waals surface area contributed by atoms with Gasteiger partial charge in [0.25, 0.3) is 0 Å². The second-order valence-electron chi connectivity index (χ2n) is 4.60. The molecule has 0 aliphatic carbocycles. The van der Waals surface area contributed by atoms with E-state index in [1.165, 1.54) is 0 Å². The molecule has 0 unspecified atom stereocenters. The van der Waals surface area contributed by atoms with Crippen LogP contribution in [0.4, 0.5) is 0 Å². The van der Waals surface area contributed by atoms with E-state index in [0.29, 0.717) is 0 Å². The van der Waals surface area contributed by atoms with Crippen molar-refractivity contribution in [2.45, 2.75) is 45.2 Å². The zero-order valence-corrected chi connectivity index (χ0v) is 9.03. The Kier molecular flexibility index (Phi) is 1.98. The van der Waals surface area contributed by atoms with Gasteiger partial charge in [-0.25, -0.2) is 0 Å². The summed E-state index contributed by atoms with van der Waals surface area (Å²) in [5, 5.41) is 0. The Morgan fingerprint density at radius 3 is 2.07 bits per heavy atom. The van der Waals surface area contributed by atoms with Crippen LogP contribution in [0.1, 0.15) is 39.7 Å². The highest BCUT2D eigenvalue weighted by Crippen LogP contribution is 2.44. The van der Waals surface area contributed by atoms with Crippen LogP contribution >= 0.6 is 0 Å².